The smallest absolute Gasteiger partial charge is 0.235 e. The van der Waals surface area contributed by atoms with Crippen molar-refractivity contribution in [3.63, 3.8) is 0 Å². The topological polar surface area (TPSA) is 73.8 Å². The van der Waals surface area contributed by atoms with Crippen molar-refractivity contribution in [2.24, 2.45) is 5.73 Å². The van der Waals surface area contributed by atoms with E-state index in [0.717, 1.165) is 17.0 Å². The first-order valence-electron chi connectivity index (χ1n) is 7.81. The highest BCUT2D eigenvalue weighted by Gasteiger charge is 2.23. The number of thioether (sulfide) groups is 1. The van der Waals surface area contributed by atoms with Crippen molar-refractivity contribution < 1.29 is 4.79 Å². The first-order chi connectivity index (χ1) is 12.2. The van der Waals surface area contributed by atoms with Crippen molar-refractivity contribution >= 4 is 17.7 Å². The molecule has 0 aliphatic rings. The van der Waals surface area contributed by atoms with Crippen LogP contribution in [0.25, 0.3) is 11.4 Å². The number of carbonyl (C=O) groups excluding carboxylic acids is 1. The van der Waals surface area contributed by atoms with Crippen LogP contribution in [0.4, 0.5) is 0 Å². The third-order valence-corrected chi connectivity index (χ3v) is 4.90. The summed E-state index contributed by atoms with van der Waals surface area (Å²) in [6.07, 6.45) is 1.78. The van der Waals surface area contributed by atoms with Crippen molar-refractivity contribution in [2.45, 2.75) is 17.0 Å². The Kier molecular flexibility index (Phi) is 5.30. The molecule has 25 heavy (non-hydrogen) atoms. The summed E-state index contributed by atoms with van der Waals surface area (Å²) < 4.78 is 1.94. The number of hydrogen-bond donors (Lipinski definition) is 1. The molecule has 0 saturated carbocycles. The van der Waals surface area contributed by atoms with Crippen molar-refractivity contribution in [2.75, 3.05) is 0 Å². The van der Waals surface area contributed by atoms with Gasteiger partial charge < -0.3 is 5.73 Å². The Morgan fingerprint density at radius 1 is 1.12 bits per heavy atom. The van der Waals surface area contributed by atoms with Gasteiger partial charge in [0.25, 0.3) is 0 Å². The van der Waals surface area contributed by atoms with Gasteiger partial charge in [-0.3, -0.25) is 9.36 Å². The van der Waals surface area contributed by atoms with E-state index in [1.807, 2.05) is 65.2 Å². The Bertz CT molecular complexity index is 862. The van der Waals surface area contributed by atoms with Crippen molar-refractivity contribution in [1.29, 1.82) is 0 Å². The average Bonchev–Trinajstić information content (AvgIpc) is 3.04. The number of benzene rings is 2. The zero-order valence-corrected chi connectivity index (χ0v) is 14.4. The van der Waals surface area contributed by atoms with Crippen LogP contribution in [-0.2, 0) is 11.3 Å². The summed E-state index contributed by atoms with van der Waals surface area (Å²) in [6, 6.07) is 19.2. The molecule has 126 valence electrons. The van der Waals surface area contributed by atoms with Gasteiger partial charge >= 0.3 is 0 Å². The molecule has 1 aromatic heterocycles. The van der Waals surface area contributed by atoms with E-state index in [0.29, 0.717) is 11.7 Å². The lowest BCUT2D eigenvalue weighted by molar-refractivity contribution is -0.117. The minimum atomic E-state index is -0.530. The molecule has 0 bridgehead atoms. The monoisotopic (exact) mass is 350 g/mol. The highest BCUT2D eigenvalue weighted by Crippen LogP contribution is 2.35. The molecule has 1 atom stereocenters. The fourth-order valence-electron chi connectivity index (χ4n) is 2.49. The van der Waals surface area contributed by atoms with Gasteiger partial charge in [-0.2, -0.15) is 0 Å². The fraction of sp³-hybridized carbons (Fsp3) is 0.105. The predicted molar refractivity (Wildman–Crippen MR) is 99.9 cm³/mol. The first kappa shape index (κ1) is 17.0. The molecule has 0 fully saturated rings. The van der Waals surface area contributed by atoms with Crippen molar-refractivity contribution in [3.05, 3.63) is 78.9 Å². The molecular weight excluding hydrogens is 332 g/mol. The van der Waals surface area contributed by atoms with Gasteiger partial charge in [0.05, 0.1) is 0 Å². The van der Waals surface area contributed by atoms with Crippen molar-refractivity contribution in [3.8, 4) is 11.4 Å². The van der Waals surface area contributed by atoms with Gasteiger partial charge in [0.1, 0.15) is 5.25 Å². The Hall–Kier alpha value is -2.86. The van der Waals surface area contributed by atoms with Gasteiger partial charge in [-0.1, -0.05) is 78.5 Å². The molecule has 1 heterocycles. The number of amides is 1. The molecule has 2 aromatic carbocycles. The van der Waals surface area contributed by atoms with Gasteiger partial charge in [0, 0.05) is 12.1 Å². The molecule has 0 aliphatic carbocycles. The lowest BCUT2D eigenvalue weighted by Gasteiger charge is -2.14. The number of aromatic nitrogens is 3. The average molecular weight is 350 g/mol. The SMILES string of the molecule is C=CCn1c(S[C@H](C(N)=O)c2ccccc2)nnc1-c1ccccc1. The van der Waals surface area contributed by atoms with Crippen LogP contribution < -0.4 is 5.73 Å². The van der Waals surface area contributed by atoms with E-state index in [1.54, 1.807) is 6.08 Å². The summed E-state index contributed by atoms with van der Waals surface area (Å²) >= 11 is 1.30. The Morgan fingerprint density at radius 2 is 1.76 bits per heavy atom. The lowest BCUT2D eigenvalue weighted by atomic mass is 10.1. The highest BCUT2D eigenvalue weighted by atomic mass is 32.2. The Morgan fingerprint density at radius 3 is 2.36 bits per heavy atom. The zero-order valence-electron chi connectivity index (χ0n) is 13.6. The van der Waals surface area contributed by atoms with E-state index in [9.17, 15) is 4.79 Å². The van der Waals surface area contributed by atoms with Crippen LogP contribution in [0.2, 0.25) is 0 Å². The molecular formula is C19H18N4OS. The summed E-state index contributed by atoms with van der Waals surface area (Å²) in [5.74, 6) is 0.324. The van der Waals surface area contributed by atoms with Gasteiger partial charge in [-0.05, 0) is 5.56 Å². The lowest BCUT2D eigenvalue weighted by Crippen LogP contribution is -2.19. The minimum absolute atomic E-state index is 0.411. The van der Waals surface area contributed by atoms with Crippen LogP contribution in [0.3, 0.4) is 0 Å². The number of allylic oxidation sites excluding steroid dienone is 1. The van der Waals surface area contributed by atoms with E-state index >= 15 is 0 Å². The molecule has 0 aliphatic heterocycles. The van der Waals surface area contributed by atoms with Crippen LogP contribution in [0.1, 0.15) is 10.8 Å². The molecule has 1 amide bonds. The molecule has 3 rings (SSSR count). The second-order valence-corrected chi connectivity index (χ2v) is 6.45. The second-order valence-electron chi connectivity index (χ2n) is 5.38. The maximum Gasteiger partial charge on any atom is 0.235 e. The minimum Gasteiger partial charge on any atom is -0.368 e. The molecule has 0 spiro atoms. The molecule has 5 nitrogen and oxygen atoms in total. The van der Waals surface area contributed by atoms with Crippen LogP contribution in [0.5, 0.6) is 0 Å². The first-order valence-corrected chi connectivity index (χ1v) is 8.69. The maximum atomic E-state index is 12.0. The Balaban J connectivity index is 1.98. The van der Waals surface area contributed by atoms with E-state index in [2.05, 4.69) is 16.8 Å². The third-order valence-electron chi connectivity index (χ3n) is 3.64. The van der Waals surface area contributed by atoms with Gasteiger partial charge in [0.15, 0.2) is 11.0 Å². The quantitative estimate of drug-likeness (QED) is 0.523. The molecule has 2 N–H and O–H groups in total. The number of nitrogens with zero attached hydrogens (tertiary/aromatic N) is 3. The third kappa shape index (κ3) is 3.80. The summed E-state index contributed by atoms with van der Waals surface area (Å²) in [5.41, 5.74) is 7.42. The number of primary amides is 1. The number of nitrogens with two attached hydrogens (primary N) is 1. The maximum absolute atomic E-state index is 12.0. The van der Waals surface area contributed by atoms with E-state index in [-0.39, 0.29) is 0 Å². The van der Waals surface area contributed by atoms with Gasteiger partial charge in [-0.15, -0.1) is 16.8 Å². The van der Waals surface area contributed by atoms with Crippen LogP contribution >= 0.6 is 11.8 Å². The second kappa shape index (κ2) is 7.81. The summed E-state index contributed by atoms with van der Waals surface area (Å²) in [6.45, 7) is 4.35. The van der Waals surface area contributed by atoms with Crippen LogP contribution in [0.15, 0.2) is 78.5 Å². The standard InChI is InChI=1S/C19H18N4OS/c1-2-13-23-18(15-11-7-4-8-12-15)21-22-19(23)25-16(17(20)24)14-9-5-3-6-10-14/h2-12,16H,1,13H2,(H2,20,24)/t16-/m0/s1. The molecule has 3 aromatic rings. The molecule has 0 saturated heterocycles. The molecule has 0 radical (unpaired) electrons. The summed E-state index contributed by atoms with van der Waals surface area (Å²) in [4.78, 5) is 12.0. The Labute approximate surface area is 150 Å². The van der Waals surface area contributed by atoms with Gasteiger partial charge in [0.2, 0.25) is 5.91 Å². The highest BCUT2D eigenvalue weighted by molar-refractivity contribution is 8.00. The molecule has 0 unspecified atom stereocenters. The molecule has 6 heteroatoms. The fourth-order valence-corrected chi connectivity index (χ4v) is 3.49. The van der Waals surface area contributed by atoms with Gasteiger partial charge in [-0.25, -0.2) is 0 Å². The van der Waals surface area contributed by atoms with E-state index in [1.165, 1.54) is 11.8 Å². The predicted octanol–water partition coefficient (Wildman–Crippen LogP) is 3.45. The largest absolute Gasteiger partial charge is 0.368 e. The van der Waals surface area contributed by atoms with E-state index in [4.69, 9.17) is 5.73 Å². The van der Waals surface area contributed by atoms with Crippen molar-refractivity contribution in [1.82, 2.24) is 14.8 Å². The number of hydrogen-bond acceptors (Lipinski definition) is 4. The number of rotatable bonds is 7. The zero-order chi connectivity index (χ0) is 17.6. The van der Waals surface area contributed by atoms with Crippen LogP contribution in [0, 0.1) is 0 Å². The van der Waals surface area contributed by atoms with E-state index < -0.39 is 11.2 Å². The number of carbonyl (C=O) groups is 1. The summed E-state index contributed by atoms with van der Waals surface area (Å²) in [5, 5.41) is 8.68. The van der Waals surface area contributed by atoms with Crippen LogP contribution in [-0.4, -0.2) is 20.7 Å². The summed E-state index contributed by atoms with van der Waals surface area (Å²) in [7, 11) is 0. The normalized spacial score (nSPS) is 11.8.